The van der Waals surface area contributed by atoms with Crippen LogP contribution in [0.25, 0.3) is 0 Å². The monoisotopic (exact) mass is 300 g/mol. The number of carbonyl (C=O) groups excluding carboxylic acids is 1. The van der Waals surface area contributed by atoms with E-state index in [9.17, 15) is 4.79 Å². The summed E-state index contributed by atoms with van der Waals surface area (Å²) in [5, 5.41) is 4.65. The highest BCUT2D eigenvalue weighted by Gasteiger charge is 2.02. The van der Waals surface area contributed by atoms with Gasteiger partial charge < -0.3 is 0 Å². The fourth-order valence-electron chi connectivity index (χ4n) is 1.97. The SMILES string of the molecule is Cc1ccc(/C=N/NC(=O)Cc2ccc(Cl)cc2)c(C)c1. The summed E-state index contributed by atoms with van der Waals surface area (Å²) in [6, 6.07) is 13.3. The lowest BCUT2D eigenvalue weighted by molar-refractivity contribution is -0.120. The second-order valence-corrected chi connectivity index (χ2v) is 5.39. The first-order valence-electron chi connectivity index (χ1n) is 6.68. The van der Waals surface area contributed by atoms with Gasteiger partial charge in [0.2, 0.25) is 5.91 Å². The molecule has 2 aromatic carbocycles. The third-order valence-electron chi connectivity index (χ3n) is 3.10. The van der Waals surface area contributed by atoms with Gasteiger partial charge in [-0.25, -0.2) is 5.43 Å². The normalized spacial score (nSPS) is 10.8. The van der Waals surface area contributed by atoms with Crippen LogP contribution in [0.4, 0.5) is 0 Å². The minimum absolute atomic E-state index is 0.154. The average molecular weight is 301 g/mol. The number of carbonyl (C=O) groups is 1. The Morgan fingerprint density at radius 1 is 1.19 bits per heavy atom. The van der Waals surface area contributed by atoms with Gasteiger partial charge in [-0.15, -0.1) is 0 Å². The molecule has 108 valence electrons. The largest absolute Gasteiger partial charge is 0.273 e. The van der Waals surface area contributed by atoms with Gasteiger partial charge in [0.15, 0.2) is 0 Å². The number of hydrogen-bond acceptors (Lipinski definition) is 2. The number of nitrogens with zero attached hydrogens (tertiary/aromatic N) is 1. The van der Waals surface area contributed by atoms with E-state index in [1.807, 2.05) is 38.1 Å². The summed E-state index contributed by atoms with van der Waals surface area (Å²) in [6.07, 6.45) is 1.94. The van der Waals surface area contributed by atoms with E-state index in [0.29, 0.717) is 5.02 Å². The molecule has 0 unspecified atom stereocenters. The molecule has 3 nitrogen and oxygen atoms in total. The molecule has 2 aromatic rings. The molecule has 21 heavy (non-hydrogen) atoms. The Kier molecular flexibility index (Phi) is 5.12. The Hall–Kier alpha value is -2.13. The fraction of sp³-hybridized carbons (Fsp3) is 0.176. The topological polar surface area (TPSA) is 41.5 Å². The van der Waals surface area contributed by atoms with Crippen LogP contribution < -0.4 is 5.43 Å². The molecule has 2 rings (SSSR count). The summed E-state index contributed by atoms with van der Waals surface area (Å²) in [5.41, 5.74) is 6.76. The Bertz CT molecular complexity index is 663. The molecule has 0 spiro atoms. The maximum atomic E-state index is 11.8. The van der Waals surface area contributed by atoms with Crippen LogP contribution in [0, 0.1) is 13.8 Å². The highest BCUT2D eigenvalue weighted by atomic mass is 35.5. The van der Waals surface area contributed by atoms with Crippen LogP contribution in [0.5, 0.6) is 0 Å². The van der Waals surface area contributed by atoms with Crippen molar-refractivity contribution in [1.82, 2.24) is 5.43 Å². The van der Waals surface area contributed by atoms with Crippen LogP contribution >= 0.6 is 11.6 Å². The Labute approximate surface area is 129 Å². The number of amides is 1. The number of hydrogen-bond donors (Lipinski definition) is 1. The minimum atomic E-state index is -0.154. The molecule has 0 saturated heterocycles. The fourth-order valence-corrected chi connectivity index (χ4v) is 2.10. The number of rotatable bonds is 4. The predicted molar refractivity (Wildman–Crippen MR) is 86.8 cm³/mol. The highest BCUT2D eigenvalue weighted by Crippen LogP contribution is 2.10. The quantitative estimate of drug-likeness (QED) is 0.679. The van der Waals surface area contributed by atoms with E-state index in [4.69, 9.17) is 11.6 Å². The van der Waals surface area contributed by atoms with E-state index in [1.165, 1.54) is 5.56 Å². The van der Waals surface area contributed by atoms with E-state index >= 15 is 0 Å². The summed E-state index contributed by atoms with van der Waals surface area (Å²) in [7, 11) is 0. The first-order chi connectivity index (χ1) is 10.0. The molecular weight excluding hydrogens is 284 g/mol. The maximum Gasteiger partial charge on any atom is 0.244 e. The van der Waals surface area contributed by atoms with Crippen LogP contribution in [0.3, 0.4) is 0 Å². The van der Waals surface area contributed by atoms with Crippen molar-refractivity contribution in [1.29, 1.82) is 0 Å². The van der Waals surface area contributed by atoms with Crippen LogP contribution in [0.15, 0.2) is 47.6 Å². The Morgan fingerprint density at radius 2 is 1.90 bits per heavy atom. The standard InChI is InChI=1S/C17H17ClN2O/c1-12-3-6-15(13(2)9-12)11-19-20-17(21)10-14-4-7-16(18)8-5-14/h3-9,11H,10H2,1-2H3,(H,20,21)/b19-11+. The number of aryl methyl sites for hydroxylation is 2. The van der Waals surface area contributed by atoms with Crippen molar-refractivity contribution in [2.75, 3.05) is 0 Å². The average Bonchev–Trinajstić information content (AvgIpc) is 2.44. The molecule has 0 aliphatic rings. The molecule has 0 saturated carbocycles. The molecule has 1 amide bonds. The van der Waals surface area contributed by atoms with Crippen LogP contribution in [-0.4, -0.2) is 12.1 Å². The van der Waals surface area contributed by atoms with E-state index in [-0.39, 0.29) is 12.3 Å². The summed E-state index contributed by atoms with van der Waals surface area (Å²) < 4.78 is 0. The molecule has 0 fully saturated rings. The number of halogens is 1. The van der Waals surface area contributed by atoms with Gasteiger partial charge in [0, 0.05) is 5.02 Å². The van der Waals surface area contributed by atoms with Gasteiger partial charge in [0.1, 0.15) is 0 Å². The molecule has 4 heteroatoms. The molecule has 0 heterocycles. The first-order valence-corrected chi connectivity index (χ1v) is 7.06. The van der Waals surface area contributed by atoms with Crippen molar-refractivity contribution in [3.05, 3.63) is 69.7 Å². The van der Waals surface area contributed by atoms with E-state index in [2.05, 4.69) is 16.6 Å². The van der Waals surface area contributed by atoms with Gasteiger partial charge in [-0.3, -0.25) is 4.79 Å². The van der Waals surface area contributed by atoms with E-state index in [0.717, 1.165) is 16.7 Å². The summed E-state index contributed by atoms with van der Waals surface area (Å²) in [5.74, 6) is -0.154. The van der Waals surface area contributed by atoms with Gasteiger partial charge in [0.05, 0.1) is 12.6 Å². The van der Waals surface area contributed by atoms with Gasteiger partial charge in [-0.2, -0.15) is 5.10 Å². The van der Waals surface area contributed by atoms with Crippen LogP contribution in [0.2, 0.25) is 5.02 Å². The summed E-state index contributed by atoms with van der Waals surface area (Å²) >= 11 is 5.80. The van der Waals surface area contributed by atoms with E-state index < -0.39 is 0 Å². The lowest BCUT2D eigenvalue weighted by atomic mass is 10.1. The van der Waals surface area contributed by atoms with Crippen molar-refractivity contribution in [3.8, 4) is 0 Å². The third kappa shape index (κ3) is 4.72. The molecule has 0 atom stereocenters. The zero-order chi connectivity index (χ0) is 15.2. The van der Waals surface area contributed by atoms with Crippen molar-refractivity contribution >= 4 is 23.7 Å². The van der Waals surface area contributed by atoms with Crippen molar-refractivity contribution in [2.24, 2.45) is 5.10 Å². The Morgan fingerprint density at radius 3 is 2.57 bits per heavy atom. The Balaban J connectivity index is 1.91. The molecule has 0 aliphatic carbocycles. The number of nitrogens with one attached hydrogen (secondary N) is 1. The summed E-state index contributed by atoms with van der Waals surface area (Å²) in [4.78, 5) is 11.8. The second-order valence-electron chi connectivity index (χ2n) is 4.96. The lowest BCUT2D eigenvalue weighted by Crippen LogP contribution is -2.19. The smallest absolute Gasteiger partial charge is 0.244 e. The second kappa shape index (κ2) is 7.04. The van der Waals surface area contributed by atoms with Gasteiger partial charge in [0.25, 0.3) is 0 Å². The minimum Gasteiger partial charge on any atom is -0.273 e. The molecule has 0 bridgehead atoms. The summed E-state index contributed by atoms with van der Waals surface area (Å²) in [6.45, 7) is 4.06. The van der Waals surface area contributed by atoms with Gasteiger partial charge >= 0.3 is 0 Å². The molecular formula is C17H17ClN2O. The molecule has 0 aliphatic heterocycles. The van der Waals surface area contributed by atoms with E-state index in [1.54, 1.807) is 18.3 Å². The van der Waals surface area contributed by atoms with Crippen molar-refractivity contribution in [3.63, 3.8) is 0 Å². The van der Waals surface area contributed by atoms with Crippen molar-refractivity contribution in [2.45, 2.75) is 20.3 Å². The van der Waals surface area contributed by atoms with Crippen molar-refractivity contribution < 1.29 is 4.79 Å². The van der Waals surface area contributed by atoms with Crippen LogP contribution in [0.1, 0.15) is 22.3 Å². The number of benzene rings is 2. The van der Waals surface area contributed by atoms with Gasteiger partial charge in [-0.1, -0.05) is 47.5 Å². The molecule has 0 aromatic heterocycles. The first kappa shape index (κ1) is 15.3. The molecule has 0 radical (unpaired) electrons. The van der Waals surface area contributed by atoms with Gasteiger partial charge in [-0.05, 0) is 42.7 Å². The highest BCUT2D eigenvalue weighted by molar-refractivity contribution is 6.30. The predicted octanol–water partition coefficient (Wildman–Crippen LogP) is 3.65. The number of hydrazone groups is 1. The molecule has 1 N–H and O–H groups in total. The zero-order valence-corrected chi connectivity index (χ0v) is 12.8. The zero-order valence-electron chi connectivity index (χ0n) is 12.1. The maximum absolute atomic E-state index is 11.8. The third-order valence-corrected chi connectivity index (χ3v) is 3.35. The lowest BCUT2D eigenvalue weighted by Gasteiger charge is -2.02. The van der Waals surface area contributed by atoms with Crippen LogP contribution in [-0.2, 0) is 11.2 Å².